The van der Waals surface area contributed by atoms with E-state index in [9.17, 15) is 4.79 Å². The molecule has 1 saturated carbocycles. The highest BCUT2D eigenvalue weighted by atomic mass is 35.5. The maximum atomic E-state index is 11.3. The topological polar surface area (TPSA) is 47.6 Å². The van der Waals surface area contributed by atoms with Gasteiger partial charge in [0.1, 0.15) is 0 Å². The number of alkyl halides is 1. The number of amides is 1. The smallest absolute Gasteiger partial charge is 0.409 e. The zero-order chi connectivity index (χ0) is 12.0. The number of nitrogens with one attached hydrogen (secondary N) is 1. The van der Waals surface area contributed by atoms with Crippen LogP contribution in [0.25, 0.3) is 0 Å². The molecule has 0 saturated heterocycles. The Morgan fingerprint density at radius 3 is 2.56 bits per heavy atom. The molecule has 0 aromatic carbocycles. The van der Waals surface area contributed by atoms with Crippen molar-refractivity contribution in [2.45, 2.75) is 50.1 Å². The van der Waals surface area contributed by atoms with Gasteiger partial charge in [-0.3, -0.25) is 5.32 Å². The van der Waals surface area contributed by atoms with E-state index in [4.69, 9.17) is 21.1 Å². The Hall–Kier alpha value is -0.480. The van der Waals surface area contributed by atoms with Crippen molar-refractivity contribution in [3.63, 3.8) is 0 Å². The minimum absolute atomic E-state index is 0.345. The molecule has 0 heterocycles. The van der Waals surface area contributed by atoms with Gasteiger partial charge in [-0.05, 0) is 19.8 Å². The summed E-state index contributed by atoms with van der Waals surface area (Å²) in [6.45, 7) is 2.11. The summed E-state index contributed by atoms with van der Waals surface area (Å²) in [5.41, 5.74) is 0. The summed E-state index contributed by atoms with van der Waals surface area (Å²) in [5, 5.41) is 2.66. The summed E-state index contributed by atoms with van der Waals surface area (Å²) in [4.78, 5) is 10.8. The fourth-order valence-corrected chi connectivity index (χ4v) is 2.49. The van der Waals surface area contributed by atoms with Crippen molar-refractivity contribution in [2.75, 3.05) is 13.7 Å². The number of methoxy groups -OCH3 is 1. The van der Waals surface area contributed by atoms with Gasteiger partial charge in [-0.15, -0.1) is 11.6 Å². The average molecular weight is 250 g/mol. The number of rotatable bonds is 4. The van der Waals surface area contributed by atoms with Gasteiger partial charge in [0.2, 0.25) is 0 Å². The SMILES string of the molecule is CCOC(=O)NC(OC)C1(Cl)CCCCC1. The van der Waals surface area contributed by atoms with Gasteiger partial charge >= 0.3 is 6.09 Å². The van der Waals surface area contributed by atoms with E-state index in [2.05, 4.69) is 5.32 Å². The van der Waals surface area contributed by atoms with E-state index in [-0.39, 0.29) is 0 Å². The van der Waals surface area contributed by atoms with E-state index in [1.165, 1.54) is 6.42 Å². The third kappa shape index (κ3) is 3.52. The lowest BCUT2D eigenvalue weighted by Crippen LogP contribution is -2.51. The van der Waals surface area contributed by atoms with Gasteiger partial charge < -0.3 is 9.47 Å². The Balaban J connectivity index is 2.54. The highest BCUT2D eigenvalue weighted by molar-refractivity contribution is 6.24. The minimum atomic E-state index is -0.486. The molecule has 0 aromatic heterocycles. The molecule has 1 N–H and O–H groups in total. The van der Waals surface area contributed by atoms with E-state index >= 15 is 0 Å². The normalized spacial score (nSPS) is 21.2. The van der Waals surface area contributed by atoms with Crippen LogP contribution in [0.15, 0.2) is 0 Å². The molecule has 1 unspecified atom stereocenters. The lowest BCUT2D eigenvalue weighted by Gasteiger charge is -2.37. The summed E-state index contributed by atoms with van der Waals surface area (Å²) in [6, 6.07) is 0. The molecule has 1 amide bonds. The van der Waals surface area contributed by atoms with Crippen LogP contribution in [-0.4, -0.2) is 30.9 Å². The third-order valence-electron chi connectivity index (χ3n) is 2.91. The monoisotopic (exact) mass is 249 g/mol. The second-order valence-electron chi connectivity index (χ2n) is 4.08. The molecule has 1 fully saturated rings. The van der Waals surface area contributed by atoms with Crippen molar-refractivity contribution in [1.82, 2.24) is 5.32 Å². The van der Waals surface area contributed by atoms with Gasteiger partial charge in [0.05, 0.1) is 11.5 Å². The Labute approximate surface area is 102 Å². The van der Waals surface area contributed by atoms with Crippen LogP contribution in [0.1, 0.15) is 39.0 Å². The molecule has 16 heavy (non-hydrogen) atoms. The first-order valence-corrected chi connectivity index (χ1v) is 6.15. The predicted molar refractivity (Wildman–Crippen MR) is 62.6 cm³/mol. The number of carbonyl (C=O) groups excluding carboxylic acids is 1. The van der Waals surface area contributed by atoms with Crippen LogP contribution >= 0.6 is 11.6 Å². The molecule has 94 valence electrons. The summed E-state index contributed by atoms with van der Waals surface area (Å²) in [7, 11) is 1.55. The van der Waals surface area contributed by atoms with Crippen LogP contribution < -0.4 is 5.32 Å². The number of hydrogen-bond donors (Lipinski definition) is 1. The van der Waals surface area contributed by atoms with E-state index in [0.29, 0.717) is 6.61 Å². The molecular weight excluding hydrogens is 230 g/mol. The number of halogens is 1. The maximum absolute atomic E-state index is 11.3. The molecule has 1 aliphatic rings. The fraction of sp³-hybridized carbons (Fsp3) is 0.909. The first-order chi connectivity index (χ1) is 7.62. The first-order valence-electron chi connectivity index (χ1n) is 5.77. The summed E-state index contributed by atoms with van der Waals surface area (Å²) in [6.07, 6.45) is 4.12. The summed E-state index contributed by atoms with van der Waals surface area (Å²) >= 11 is 6.49. The molecule has 0 aromatic rings. The molecule has 1 aliphatic carbocycles. The van der Waals surface area contributed by atoms with Crippen LogP contribution in [0.3, 0.4) is 0 Å². The second kappa shape index (κ2) is 6.30. The number of hydrogen-bond acceptors (Lipinski definition) is 3. The first kappa shape index (κ1) is 13.6. The highest BCUT2D eigenvalue weighted by Gasteiger charge is 2.39. The number of alkyl carbamates (subject to hydrolysis) is 1. The standard InChI is InChI=1S/C11H20ClNO3/c1-3-16-10(14)13-9(15-2)11(12)7-5-4-6-8-11/h9H,3-8H2,1-2H3,(H,13,14). The lowest BCUT2D eigenvalue weighted by atomic mass is 9.87. The van der Waals surface area contributed by atoms with Crippen molar-refractivity contribution in [3.05, 3.63) is 0 Å². The van der Waals surface area contributed by atoms with E-state index in [1.807, 2.05) is 0 Å². The summed E-state index contributed by atoms with van der Waals surface area (Å²) in [5.74, 6) is 0. The van der Waals surface area contributed by atoms with Crippen molar-refractivity contribution >= 4 is 17.7 Å². The molecule has 0 spiro atoms. The number of carbonyl (C=O) groups is 1. The van der Waals surface area contributed by atoms with Gasteiger partial charge in [0.25, 0.3) is 0 Å². The zero-order valence-electron chi connectivity index (χ0n) is 9.92. The second-order valence-corrected chi connectivity index (χ2v) is 4.83. The Morgan fingerprint density at radius 2 is 2.06 bits per heavy atom. The quantitative estimate of drug-likeness (QED) is 0.616. The largest absolute Gasteiger partial charge is 0.450 e. The minimum Gasteiger partial charge on any atom is -0.450 e. The van der Waals surface area contributed by atoms with Crippen LogP contribution in [0.2, 0.25) is 0 Å². The molecule has 1 atom stereocenters. The molecule has 0 bridgehead atoms. The number of ether oxygens (including phenoxy) is 2. The Morgan fingerprint density at radius 1 is 1.44 bits per heavy atom. The predicted octanol–water partition coefficient (Wildman–Crippen LogP) is 2.65. The summed E-state index contributed by atoms with van der Waals surface area (Å²) < 4.78 is 10.1. The Kier molecular flexibility index (Phi) is 5.35. The molecule has 4 nitrogen and oxygen atoms in total. The van der Waals surface area contributed by atoms with Gasteiger partial charge in [-0.1, -0.05) is 19.3 Å². The van der Waals surface area contributed by atoms with Crippen LogP contribution in [0, 0.1) is 0 Å². The zero-order valence-corrected chi connectivity index (χ0v) is 10.7. The van der Waals surface area contributed by atoms with Crippen molar-refractivity contribution in [3.8, 4) is 0 Å². The van der Waals surface area contributed by atoms with Crippen molar-refractivity contribution in [2.24, 2.45) is 0 Å². The van der Waals surface area contributed by atoms with Gasteiger partial charge in [0, 0.05) is 7.11 Å². The maximum Gasteiger partial charge on any atom is 0.409 e. The van der Waals surface area contributed by atoms with Crippen LogP contribution in [0.4, 0.5) is 4.79 Å². The third-order valence-corrected chi connectivity index (χ3v) is 3.49. The van der Waals surface area contributed by atoms with Crippen LogP contribution in [-0.2, 0) is 9.47 Å². The highest BCUT2D eigenvalue weighted by Crippen LogP contribution is 2.37. The van der Waals surface area contributed by atoms with Crippen molar-refractivity contribution in [1.29, 1.82) is 0 Å². The van der Waals surface area contributed by atoms with Gasteiger partial charge in [0.15, 0.2) is 6.23 Å². The van der Waals surface area contributed by atoms with Gasteiger partial charge in [-0.25, -0.2) is 4.79 Å². The average Bonchev–Trinajstić information content (AvgIpc) is 2.27. The molecular formula is C11H20ClNO3. The molecule has 1 rings (SSSR count). The molecule has 0 radical (unpaired) electrons. The Bertz CT molecular complexity index is 229. The molecule has 0 aliphatic heterocycles. The van der Waals surface area contributed by atoms with E-state index in [1.54, 1.807) is 14.0 Å². The molecule has 5 heteroatoms. The van der Waals surface area contributed by atoms with Gasteiger partial charge in [-0.2, -0.15) is 0 Å². The fourth-order valence-electron chi connectivity index (χ4n) is 2.08. The van der Waals surface area contributed by atoms with Crippen molar-refractivity contribution < 1.29 is 14.3 Å². The van der Waals surface area contributed by atoms with E-state index in [0.717, 1.165) is 25.7 Å². The van der Waals surface area contributed by atoms with E-state index < -0.39 is 17.2 Å². The lowest BCUT2D eigenvalue weighted by molar-refractivity contribution is 0.0221. The van der Waals surface area contributed by atoms with Crippen LogP contribution in [0.5, 0.6) is 0 Å².